The molecule has 0 aliphatic heterocycles. The number of sulfonamides is 1. The summed E-state index contributed by atoms with van der Waals surface area (Å²) in [7, 11) is -3.84. The molecule has 3 nitrogen and oxygen atoms in total. The molecule has 1 N–H and O–H groups in total. The predicted octanol–water partition coefficient (Wildman–Crippen LogP) is 4.33. The van der Waals surface area contributed by atoms with Crippen LogP contribution in [0.25, 0.3) is 0 Å². The molecule has 0 amide bonds. The van der Waals surface area contributed by atoms with E-state index in [0.717, 1.165) is 17.2 Å². The normalized spacial score (nSPS) is 10.7. The molecule has 0 aliphatic rings. The van der Waals surface area contributed by atoms with Crippen molar-refractivity contribution in [2.24, 2.45) is 0 Å². The van der Waals surface area contributed by atoms with Gasteiger partial charge in [0.1, 0.15) is 5.82 Å². The zero-order valence-electron chi connectivity index (χ0n) is 14.0. The molecule has 26 heavy (non-hydrogen) atoms. The maximum absolute atomic E-state index is 13.7. The van der Waals surface area contributed by atoms with Gasteiger partial charge in [-0.15, -0.1) is 0 Å². The molecule has 0 fully saturated rings. The number of hydrogen-bond donors (Lipinski definition) is 1. The van der Waals surface area contributed by atoms with Crippen LogP contribution in [0, 0.1) is 24.6 Å². The lowest BCUT2D eigenvalue weighted by Crippen LogP contribution is -2.14. The summed E-state index contributed by atoms with van der Waals surface area (Å²) in [6.07, 6.45) is 0. The van der Waals surface area contributed by atoms with Gasteiger partial charge in [-0.3, -0.25) is 4.72 Å². The zero-order valence-corrected chi connectivity index (χ0v) is 14.8. The number of benzene rings is 3. The molecule has 0 saturated carbocycles. The average Bonchev–Trinajstić information content (AvgIpc) is 2.62. The standard InChI is InChI=1S/C21H16FNO2S/c1-16-7-13-20(14-8-16)26(24,25)23-21-15-19(22)12-11-18(21)10-9-17-5-3-2-4-6-17/h2-8,11-15,23H,1H3. The Kier molecular flexibility index (Phi) is 5.06. The number of aryl methyl sites for hydroxylation is 1. The molecule has 0 saturated heterocycles. The Balaban J connectivity index is 1.96. The van der Waals surface area contributed by atoms with Gasteiger partial charge >= 0.3 is 0 Å². The molecule has 0 bridgehead atoms. The van der Waals surface area contributed by atoms with Crippen molar-refractivity contribution in [3.63, 3.8) is 0 Å². The minimum absolute atomic E-state index is 0.106. The first-order valence-corrected chi connectivity index (χ1v) is 9.38. The molecule has 130 valence electrons. The van der Waals surface area contributed by atoms with E-state index in [-0.39, 0.29) is 10.6 Å². The van der Waals surface area contributed by atoms with Gasteiger partial charge < -0.3 is 0 Å². The van der Waals surface area contributed by atoms with Gasteiger partial charge in [-0.05, 0) is 49.4 Å². The van der Waals surface area contributed by atoms with Gasteiger partial charge in [-0.1, -0.05) is 47.7 Å². The van der Waals surface area contributed by atoms with Crippen molar-refractivity contribution in [2.45, 2.75) is 11.8 Å². The van der Waals surface area contributed by atoms with Gasteiger partial charge in [-0.2, -0.15) is 0 Å². The Bertz CT molecular complexity index is 1080. The lowest BCUT2D eigenvalue weighted by molar-refractivity contribution is 0.601. The largest absolute Gasteiger partial charge is 0.278 e. The van der Waals surface area contributed by atoms with Crippen LogP contribution >= 0.6 is 0 Å². The Morgan fingerprint density at radius 2 is 1.58 bits per heavy atom. The van der Waals surface area contributed by atoms with Crippen LogP contribution < -0.4 is 4.72 Å². The van der Waals surface area contributed by atoms with Crippen LogP contribution in [-0.4, -0.2) is 8.42 Å². The third-order valence-corrected chi connectivity index (χ3v) is 5.05. The third-order valence-electron chi connectivity index (χ3n) is 3.67. The highest BCUT2D eigenvalue weighted by molar-refractivity contribution is 7.92. The van der Waals surface area contributed by atoms with E-state index < -0.39 is 15.8 Å². The number of anilines is 1. The zero-order chi connectivity index (χ0) is 18.6. The minimum atomic E-state index is -3.84. The van der Waals surface area contributed by atoms with Crippen molar-refractivity contribution in [2.75, 3.05) is 4.72 Å². The quantitative estimate of drug-likeness (QED) is 0.702. The van der Waals surface area contributed by atoms with Crippen molar-refractivity contribution >= 4 is 15.7 Å². The first kappa shape index (κ1) is 17.7. The average molecular weight is 365 g/mol. The van der Waals surface area contributed by atoms with Gasteiger partial charge in [0.25, 0.3) is 10.0 Å². The molecule has 0 unspecified atom stereocenters. The van der Waals surface area contributed by atoms with E-state index in [9.17, 15) is 12.8 Å². The van der Waals surface area contributed by atoms with Crippen LogP contribution in [0.15, 0.2) is 77.7 Å². The van der Waals surface area contributed by atoms with Crippen molar-refractivity contribution in [3.8, 4) is 11.8 Å². The van der Waals surface area contributed by atoms with Crippen molar-refractivity contribution in [1.29, 1.82) is 0 Å². The summed E-state index contributed by atoms with van der Waals surface area (Å²) >= 11 is 0. The fourth-order valence-corrected chi connectivity index (χ4v) is 3.36. The molecule has 0 heterocycles. The Morgan fingerprint density at radius 1 is 0.885 bits per heavy atom. The summed E-state index contributed by atoms with van der Waals surface area (Å²) in [6, 6.07) is 19.5. The predicted molar refractivity (Wildman–Crippen MR) is 101 cm³/mol. The summed E-state index contributed by atoms with van der Waals surface area (Å²) in [5.74, 6) is 5.30. The number of hydrogen-bond acceptors (Lipinski definition) is 2. The molecule has 5 heteroatoms. The maximum Gasteiger partial charge on any atom is 0.261 e. The van der Waals surface area contributed by atoms with Gasteiger partial charge in [0.05, 0.1) is 10.6 Å². The van der Waals surface area contributed by atoms with Gasteiger partial charge in [0.15, 0.2) is 0 Å². The van der Waals surface area contributed by atoms with E-state index in [0.29, 0.717) is 5.56 Å². The molecule has 0 radical (unpaired) electrons. The van der Waals surface area contributed by atoms with E-state index in [4.69, 9.17) is 0 Å². The van der Waals surface area contributed by atoms with E-state index in [2.05, 4.69) is 16.6 Å². The van der Waals surface area contributed by atoms with Crippen LogP contribution in [0.2, 0.25) is 0 Å². The fraction of sp³-hybridized carbons (Fsp3) is 0.0476. The van der Waals surface area contributed by atoms with E-state index in [1.54, 1.807) is 12.1 Å². The Hall–Kier alpha value is -3.10. The van der Waals surface area contributed by atoms with Crippen LogP contribution in [0.1, 0.15) is 16.7 Å². The summed E-state index contributed by atoms with van der Waals surface area (Å²) in [5.41, 5.74) is 2.23. The Labute approximate surface area is 152 Å². The van der Waals surface area contributed by atoms with Crippen molar-refractivity contribution < 1.29 is 12.8 Å². The molecular formula is C21H16FNO2S. The van der Waals surface area contributed by atoms with Crippen LogP contribution in [-0.2, 0) is 10.0 Å². The SMILES string of the molecule is Cc1ccc(S(=O)(=O)Nc2cc(F)ccc2C#Cc2ccccc2)cc1. The number of rotatable bonds is 3. The van der Waals surface area contributed by atoms with E-state index in [1.165, 1.54) is 24.3 Å². The molecule has 0 aromatic heterocycles. The van der Waals surface area contributed by atoms with Crippen LogP contribution in [0.3, 0.4) is 0 Å². The monoisotopic (exact) mass is 365 g/mol. The van der Waals surface area contributed by atoms with Gasteiger partial charge in [0, 0.05) is 11.1 Å². The summed E-state index contributed by atoms with van der Waals surface area (Å²) in [6.45, 7) is 1.87. The highest BCUT2D eigenvalue weighted by Gasteiger charge is 2.16. The smallest absolute Gasteiger partial charge is 0.261 e. The van der Waals surface area contributed by atoms with Crippen molar-refractivity contribution in [1.82, 2.24) is 0 Å². The van der Waals surface area contributed by atoms with Gasteiger partial charge in [-0.25, -0.2) is 12.8 Å². The van der Waals surface area contributed by atoms with Crippen LogP contribution in [0.4, 0.5) is 10.1 Å². The summed E-state index contributed by atoms with van der Waals surface area (Å²) in [4.78, 5) is 0.106. The summed E-state index contributed by atoms with van der Waals surface area (Å²) in [5, 5.41) is 0. The molecule has 3 rings (SSSR count). The fourth-order valence-electron chi connectivity index (χ4n) is 2.29. The second kappa shape index (κ2) is 7.42. The second-order valence-electron chi connectivity index (χ2n) is 5.72. The summed E-state index contributed by atoms with van der Waals surface area (Å²) < 4.78 is 41.2. The van der Waals surface area contributed by atoms with Gasteiger partial charge in [0.2, 0.25) is 0 Å². The highest BCUT2D eigenvalue weighted by Crippen LogP contribution is 2.21. The Morgan fingerprint density at radius 3 is 2.27 bits per heavy atom. The minimum Gasteiger partial charge on any atom is -0.278 e. The first-order chi connectivity index (χ1) is 12.4. The molecule has 0 atom stereocenters. The van der Waals surface area contributed by atoms with Crippen molar-refractivity contribution in [3.05, 3.63) is 95.3 Å². The lowest BCUT2D eigenvalue weighted by Gasteiger charge is -2.10. The second-order valence-corrected chi connectivity index (χ2v) is 7.41. The van der Waals surface area contributed by atoms with E-state index >= 15 is 0 Å². The van der Waals surface area contributed by atoms with Crippen LogP contribution in [0.5, 0.6) is 0 Å². The molecule has 3 aromatic carbocycles. The highest BCUT2D eigenvalue weighted by atomic mass is 32.2. The van der Waals surface area contributed by atoms with E-state index in [1.807, 2.05) is 37.3 Å². The third kappa shape index (κ3) is 4.29. The molecule has 3 aromatic rings. The molecule has 0 aliphatic carbocycles. The number of halogens is 1. The first-order valence-electron chi connectivity index (χ1n) is 7.90. The maximum atomic E-state index is 13.7. The topological polar surface area (TPSA) is 46.2 Å². The molecular weight excluding hydrogens is 349 g/mol. The lowest BCUT2D eigenvalue weighted by atomic mass is 10.1. The number of nitrogens with one attached hydrogen (secondary N) is 1. The molecule has 0 spiro atoms.